The van der Waals surface area contributed by atoms with Crippen LogP contribution in [0, 0.1) is 0 Å². The summed E-state index contributed by atoms with van der Waals surface area (Å²) in [4.78, 5) is 25.2. The molecule has 1 aliphatic rings. The second-order valence-electron chi connectivity index (χ2n) is 4.91. The summed E-state index contributed by atoms with van der Waals surface area (Å²) in [6.45, 7) is 5.49. The van der Waals surface area contributed by atoms with E-state index in [0.29, 0.717) is 43.2 Å². The van der Waals surface area contributed by atoms with Gasteiger partial charge in [-0.2, -0.15) is 0 Å². The molecule has 1 amide bonds. The molecular formula is C16H21NO4. The van der Waals surface area contributed by atoms with Crippen molar-refractivity contribution in [1.82, 2.24) is 4.90 Å². The smallest absolute Gasteiger partial charge is 0.254 e. The summed E-state index contributed by atoms with van der Waals surface area (Å²) in [7, 11) is 0. The van der Waals surface area contributed by atoms with Crippen molar-refractivity contribution in [1.29, 1.82) is 0 Å². The Hall–Kier alpha value is -2.04. The minimum absolute atomic E-state index is 0.0619. The van der Waals surface area contributed by atoms with Crippen molar-refractivity contribution in [3.8, 4) is 11.5 Å². The molecule has 114 valence electrons. The number of carbonyl (C=O) groups excluding carboxylic acids is 2. The zero-order chi connectivity index (χ0) is 15.2. The van der Waals surface area contributed by atoms with Gasteiger partial charge in [-0.1, -0.05) is 6.92 Å². The fourth-order valence-corrected chi connectivity index (χ4v) is 2.54. The maximum absolute atomic E-state index is 12.7. The van der Waals surface area contributed by atoms with Crippen molar-refractivity contribution >= 4 is 12.2 Å². The molecule has 1 aromatic carbocycles. The summed E-state index contributed by atoms with van der Waals surface area (Å²) < 4.78 is 11.0. The fourth-order valence-electron chi connectivity index (χ4n) is 2.54. The maximum Gasteiger partial charge on any atom is 0.254 e. The lowest BCUT2D eigenvalue weighted by Gasteiger charge is -2.29. The van der Waals surface area contributed by atoms with Crippen molar-refractivity contribution in [3.05, 3.63) is 23.8 Å². The number of aldehydes is 1. The summed E-state index contributed by atoms with van der Waals surface area (Å²) in [6, 6.07) is 5.16. The van der Waals surface area contributed by atoms with E-state index in [9.17, 15) is 9.59 Å². The second-order valence-corrected chi connectivity index (χ2v) is 4.91. The van der Waals surface area contributed by atoms with E-state index in [1.165, 1.54) is 0 Å². The lowest BCUT2D eigenvalue weighted by molar-refractivity contribution is -0.108. The van der Waals surface area contributed by atoms with Gasteiger partial charge in [0, 0.05) is 24.6 Å². The van der Waals surface area contributed by atoms with Gasteiger partial charge in [0.1, 0.15) is 19.5 Å². The minimum atomic E-state index is -0.0804. The lowest BCUT2D eigenvalue weighted by Crippen LogP contribution is -2.40. The second kappa shape index (κ2) is 7.11. The highest BCUT2D eigenvalue weighted by Gasteiger charge is 2.23. The van der Waals surface area contributed by atoms with Crippen LogP contribution in [0.1, 0.15) is 37.0 Å². The van der Waals surface area contributed by atoms with Gasteiger partial charge in [-0.25, -0.2) is 0 Å². The highest BCUT2D eigenvalue weighted by molar-refractivity contribution is 5.95. The summed E-state index contributed by atoms with van der Waals surface area (Å²) in [5.41, 5.74) is 0.561. The van der Waals surface area contributed by atoms with E-state index in [4.69, 9.17) is 9.47 Å². The predicted molar refractivity (Wildman–Crippen MR) is 78.9 cm³/mol. The van der Waals surface area contributed by atoms with Crippen LogP contribution in [0.15, 0.2) is 18.2 Å². The van der Waals surface area contributed by atoms with E-state index < -0.39 is 0 Å². The van der Waals surface area contributed by atoms with Crippen LogP contribution in [-0.4, -0.2) is 42.9 Å². The Balaban J connectivity index is 2.22. The molecular weight excluding hydrogens is 270 g/mol. The van der Waals surface area contributed by atoms with Gasteiger partial charge in [0.25, 0.3) is 5.91 Å². The Morgan fingerprint density at radius 2 is 2.00 bits per heavy atom. The molecule has 5 heteroatoms. The number of benzene rings is 1. The van der Waals surface area contributed by atoms with Gasteiger partial charge < -0.3 is 19.2 Å². The van der Waals surface area contributed by atoms with Crippen LogP contribution in [-0.2, 0) is 4.79 Å². The quantitative estimate of drug-likeness (QED) is 0.755. The van der Waals surface area contributed by atoms with Gasteiger partial charge >= 0.3 is 0 Å². The predicted octanol–water partition coefficient (Wildman–Crippen LogP) is 2.29. The highest BCUT2D eigenvalue weighted by atomic mass is 16.6. The van der Waals surface area contributed by atoms with E-state index >= 15 is 0 Å². The largest absolute Gasteiger partial charge is 0.486 e. The Labute approximate surface area is 124 Å². The molecule has 0 N–H and O–H groups in total. The molecule has 0 saturated carbocycles. The van der Waals surface area contributed by atoms with Crippen molar-refractivity contribution in [2.24, 2.45) is 0 Å². The molecule has 0 saturated heterocycles. The fraction of sp³-hybridized carbons (Fsp3) is 0.500. The summed E-state index contributed by atoms with van der Waals surface area (Å²) >= 11 is 0. The van der Waals surface area contributed by atoms with Crippen LogP contribution in [0.25, 0.3) is 0 Å². The number of hydrogen-bond donors (Lipinski definition) is 0. The molecule has 5 nitrogen and oxygen atoms in total. The van der Waals surface area contributed by atoms with Gasteiger partial charge in [0.2, 0.25) is 0 Å². The van der Waals surface area contributed by atoms with E-state index in [2.05, 4.69) is 0 Å². The number of fused-ring (bicyclic) bond motifs is 1. The monoisotopic (exact) mass is 291 g/mol. The molecule has 2 rings (SSSR count). The average Bonchev–Trinajstić information content (AvgIpc) is 2.54. The summed E-state index contributed by atoms with van der Waals surface area (Å²) in [5, 5.41) is 0. The Kier molecular flexibility index (Phi) is 5.20. The highest BCUT2D eigenvalue weighted by Crippen LogP contribution is 2.31. The van der Waals surface area contributed by atoms with Crippen molar-refractivity contribution in [2.45, 2.75) is 32.7 Å². The van der Waals surface area contributed by atoms with Crippen molar-refractivity contribution < 1.29 is 19.1 Å². The molecule has 0 aliphatic carbocycles. The normalized spacial score (nSPS) is 14.4. The first-order valence-corrected chi connectivity index (χ1v) is 7.35. The van der Waals surface area contributed by atoms with Crippen LogP contribution in [0.2, 0.25) is 0 Å². The summed E-state index contributed by atoms with van der Waals surface area (Å²) in [5.74, 6) is 1.19. The van der Waals surface area contributed by atoms with Gasteiger partial charge in [-0.15, -0.1) is 0 Å². The molecule has 0 bridgehead atoms. The SMILES string of the molecule is CCC(CC=O)N(CC)C(=O)c1ccc2c(c1)OCCO2. The number of carbonyl (C=O) groups is 2. The third kappa shape index (κ3) is 3.35. The maximum atomic E-state index is 12.7. The van der Waals surface area contributed by atoms with E-state index in [1.807, 2.05) is 13.8 Å². The number of nitrogens with zero attached hydrogens (tertiary/aromatic N) is 1. The molecule has 0 fully saturated rings. The zero-order valence-corrected chi connectivity index (χ0v) is 12.5. The van der Waals surface area contributed by atoms with Crippen LogP contribution >= 0.6 is 0 Å². The topological polar surface area (TPSA) is 55.8 Å². The Bertz CT molecular complexity index is 515. The van der Waals surface area contributed by atoms with E-state index in [0.717, 1.165) is 12.7 Å². The molecule has 1 unspecified atom stereocenters. The molecule has 1 aromatic rings. The third-order valence-corrected chi connectivity index (χ3v) is 3.67. The van der Waals surface area contributed by atoms with Gasteiger partial charge in [-0.05, 0) is 31.5 Å². The standard InChI is InChI=1S/C16H21NO4/c1-3-13(7-8-18)17(4-2)16(19)12-5-6-14-15(11-12)21-10-9-20-14/h5-6,8,11,13H,3-4,7,9-10H2,1-2H3. The Morgan fingerprint density at radius 3 is 2.62 bits per heavy atom. The first kappa shape index (κ1) is 15.4. The molecule has 0 spiro atoms. The molecule has 1 aliphatic heterocycles. The number of ether oxygens (including phenoxy) is 2. The first-order valence-electron chi connectivity index (χ1n) is 7.35. The number of amides is 1. The molecule has 0 radical (unpaired) electrons. The molecule has 1 heterocycles. The third-order valence-electron chi connectivity index (χ3n) is 3.67. The average molecular weight is 291 g/mol. The van der Waals surface area contributed by atoms with E-state index in [1.54, 1.807) is 23.1 Å². The molecule has 21 heavy (non-hydrogen) atoms. The van der Waals surface area contributed by atoms with Crippen molar-refractivity contribution in [2.75, 3.05) is 19.8 Å². The summed E-state index contributed by atoms with van der Waals surface area (Å²) in [6.07, 6.45) is 1.98. The number of rotatable bonds is 6. The van der Waals surface area contributed by atoms with Crippen molar-refractivity contribution in [3.63, 3.8) is 0 Å². The van der Waals surface area contributed by atoms with Gasteiger partial charge in [-0.3, -0.25) is 4.79 Å². The van der Waals surface area contributed by atoms with Crippen LogP contribution in [0.4, 0.5) is 0 Å². The lowest BCUT2D eigenvalue weighted by atomic mass is 10.1. The zero-order valence-electron chi connectivity index (χ0n) is 12.5. The van der Waals surface area contributed by atoms with Gasteiger partial charge in [0.05, 0.1) is 0 Å². The Morgan fingerprint density at radius 1 is 1.29 bits per heavy atom. The molecule has 0 aromatic heterocycles. The van der Waals surface area contributed by atoms with Crippen LogP contribution in [0.3, 0.4) is 0 Å². The van der Waals surface area contributed by atoms with Gasteiger partial charge in [0.15, 0.2) is 11.5 Å². The number of hydrogen-bond acceptors (Lipinski definition) is 4. The van der Waals surface area contributed by atoms with Crippen LogP contribution < -0.4 is 9.47 Å². The first-order chi connectivity index (χ1) is 10.2. The van der Waals surface area contributed by atoms with E-state index in [-0.39, 0.29) is 11.9 Å². The van der Waals surface area contributed by atoms with Crippen LogP contribution in [0.5, 0.6) is 11.5 Å². The minimum Gasteiger partial charge on any atom is -0.486 e. The molecule has 1 atom stereocenters.